The van der Waals surface area contributed by atoms with Gasteiger partial charge in [-0.2, -0.15) is 0 Å². The van der Waals surface area contributed by atoms with Crippen LogP contribution in [0.15, 0.2) is 36.8 Å². The van der Waals surface area contributed by atoms with E-state index in [1.165, 1.54) is 16.7 Å². The van der Waals surface area contributed by atoms with Crippen LogP contribution in [0.25, 0.3) is 11.3 Å². The molecule has 16 heavy (non-hydrogen) atoms. The Kier molecular flexibility index (Phi) is 2.68. The van der Waals surface area contributed by atoms with Crippen molar-refractivity contribution in [3.63, 3.8) is 0 Å². The van der Waals surface area contributed by atoms with Crippen molar-refractivity contribution in [2.24, 2.45) is 0 Å². The molecule has 1 aromatic heterocycles. The zero-order valence-electron chi connectivity index (χ0n) is 8.35. The molecule has 0 spiro atoms. The van der Waals surface area contributed by atoms with Gasteiger partial charge in [0.2, 0.25) is 6.33 Å². The summed E-state index contributed by atoms with van der Waals surface area (Å²) in [5.74, 6) is -1.21. The van der Waals surface area contributed by atoms with E-state index in [0.29, 0.717) is 0 Å². The van der Waals surface area contributed by atoms with Gasteiger partial charge in [-0.05, 0) is 24.3 Å². The maximum atomic E-state index is 12.7. The van der Waals surface area contributed by atoms with Crippen LogP contribution in [0.5, 0.6) is 0 Å². The number of imidazole rings is 1. The second kappa shape index (κ2) is 4.14. The number of halogens is 1. The molecule has 4 nitrogen and oxygen atoms in total. The molecule has 1 aromatic carbocycles. The highest BCUT2D eigenvalue weighted by molar-refractivity contribution is 5.65. The summed E-state index contributed by atoms with van der Waals surface area (Å²) in [6, 6.07) is 5.98. The molecule has 1 heterocycles. The lowest BCUT2D eigenvalue weighted by Crippen LogP contribution is -2.35. The molecule has 0 aliphatic heterocycles. The van der Waals surface area contributed by atoms with Crippen LogP contribution in [0.1, 0.15) is 0 Å². The number of hydrogen-bond donors (Lipinski definition) is 2. The number of nitrogens with zero attached hydrogens (tertiary/aromatic N) is 1. The van der Waals surface area contributed by atoms with Crippen molar-refractivity contribution >= 4 is 5.97 Å². The van der Waals surface area contributed by atoms with Gasteiger partial charge in [0, 0.05) is 5.56 Å². The van der Waals surface area contributed by atoms with Crippen LogP contribution >= 0.6 is 0 Å². The number of benzene rings is 1. The first-order valence-electron chi connectivity index (χ1n) is 4.70. The van der Waals surface area contributed by atoms with Crippen LogP contribution in [0.3, 0.4) is 0 Å². The molecule has 0 saturated heterocycles. The van der Waals surface area contributed by atoms with Gasteiger partial charge in [-0.25, -0.2) is 18.7 Å². The molecule has 0 saturated carbocycles. The van der Waals surface area contributed by atoms with Crippen molar-refractivity contribution in [1.82, 2.24) is 4.98 Å². The molecule has 0 atom stereocenters. The van der Waals surface area contributed by atoms with E-state index in [1.54, 1.807) is 24.7 Å². The molecule has 2 aromatic rings. The minimum atomic E-state index is -0.908. The van der Waals surface area contributed by atoms with E-state index in [0.717, 1.165) is 11.3 Å². The maximum absolute atomic E-state index is 12.7. The van der Waals surface area contributed by atoms with E-state index in [-0.39, 0.29) is 12.4 Å². The molecular weight excluding hydrogens is 211 g/mol. The number of carboxylic acid groups (broad SMARTS) is 1. The fraction of sp³-hybridized carbons (Fsp3) is 0.0909. The average molecular weight is 221 g/mol. The van der Waals surface area contributed by atoms with Crippen molar-refractivity contribution in [1.29, 1.82) is 0 Å². The number of carbonyl (C=O) groups is 1. The van der Waals surface area contributed by atoms with E-state index in [1.807, 2.05) is 0 Å². The Morgan fingerprint density at radius 2 is 2.06 bits per heavy atom. The highest BCUT2D eigenvalue weighted by Crippen LogP contribution is 2.15. The van der Waals surface area contributed by atoms with Gasteiger partial charge in [-0.1, -0.05) is 0 Å². The third-order valence-electron chi connectivity index (χ3n) is 2.15. The first-order chi connectivity index (χ1) is 7.65. The van der Waals surface area contributed by atoms with E-state index in [2.05, 4.69) is 4.98 Å². The molecule has 2 N–H and O–H groups in total. The smallest absolute Gasteiger partial charge is 0.346 e. The highest BCUT2D eigenvalue weighted by atomic mass is 19.1. The Balaban J connectivity index is 2.24. The first-order valence-corrected chi connectivity index (χ1v) is 4.70. The van der Waals surface area contributed by atoms with Crippen molar-refractivity contribution in [3.05, 3.63) is 42.6 Å². The second-order valence-corrected chi connectivity index (χ2v) is 3.39. The lowest BCUT2D eigenvalue weighted by Gasteiger charge is -1.92. The first kappa shape index (κ1) is 10.4. The molecule has 2 rings (SSSR count). The molecular formula is C11H10FN2O2+. The SMILES string of the molecule is O=C(O)C[n+]1c[nH]c(-c2ccc(F)cc2)c1. The third kappa shape index (κ3) is 2.25. The number of aromatic nitrogens is 2. The Morgan fingerprint density at radius 1 is 1.38 bits per heavy atom. The second-order valence-electron chi connectivity index (χ2n) is 3.39. The minimum Gasteiger partial charge on any atom is -0.478 e. The predicted octanol–water partition coefficient (Wildman–Crippen LogP) is 1.19. The van der Waals surface area contributed by atoms with Crippen molar-refractivity contribution in [2.75, 3.05) is 0 Å². The number of aromatic amines is 1. The summed E-state index contributed by atoms with van der Waals surface area (Å²) in [4.78, 5) is 13.4. The highest BCUT2D eigenvalue weighted by Gasteiger charge is 2.10. The van der Waals surface area contributed by atoms with Gasteiger partial charge in [0.15, 0.2) is 12.2 Å². The standard InChI is InChI=1S/C11H9FN2O2/c12-9-3-1-8(2-4-9)10-5-14(7-13-10)6-11(15)16/h1-5,7H,6H2,(H,15,16)/p+1. The van der Waals surface area contributed by atoms with Crippen LogP contribution < -0.4 is 4.57 Å². The molecule has 0 radical (unpaired) electrons. The van der Waals surface area contributed by atoms with Gasteiger partial charge in [0.05, 0.1) is 0 Å². The van der Waals surface area contributed by atoms with Crippen LogP contribution in [-0.2, 0) is 11.3 Å². The Hall–Kier alpha value is -2.17. The van der Waals surface area contributed by atoms with Crippen LogP contribution in [-0.4, -0.2) is 16.1 Å². The molecule has 0 fully saturated rings. The van der Waals surface area contributed by atoms with Crippen LogP contribution in [0.4, 0.5) is 4.39 Å². The Morgan fingerprint density at radius 3 is 2.69 bits per heavy atom. The summed E-state index contributed by atoms with van der Waals surface area (Å²) in [6.45, 7) is -0.0995. The number of rotatable bonds is 3. The van der Waals surface area contributed by atoms with Crippen LogP contribution in [0.2, 0.25) is 0 Å². The van der Waals surface area contributed by atoms with Gasteiger partial charge in [0.25, 0.3) is 0 Å². The van der Waals surface area contributed by atoms with E-state index < -0.39 is 5.97 Å². The number of aliphatic carboxylic acids is 1. The molecule has 0 unspecified atom stereocenters. The normalized spacial score (nSPS) is 10.3. The fourth-order valence-electron chi connectivity index (χ4n) is 1.43. The number of carboxylic acids is 1. The Bertz CT molecular complexity index is 505. The zero-order chi connectivity index (χ0) is 11.5. The van der Waals surface area contributed by atoms with Crippen molar-refractivity contribution < 1.29 is 18.9 Å². The van der Waals surface area contributed by atoms with Gasteiger partial charge < -0.3 is 5.11 Å². The van der Waals surface area contributed by atoms with Crippen LogP contribution in [0, 0.1) is 5.82 Å². The van der Waals surface area contributed by atoms with Crippen molar-refractivity contribution in [3.8, 4) is 11.3 Å². The van der Waals surface area contributed by atoms with Gasteiger partial charge in [-0.3, -0.25) is 0 Å². The number of hydrogen-bond acceptors (Lipinski definition) is 1. The summed E-state index contributed by atoms with van der Waals surface area (Å²) in [7, 11) is 0. The van der Waals surface area contributed by atoms with E-state index in [4.69, 9.17) is 5.11 Å². The van der Waals surface area contributed by atoms with E-state index in [9.17, 15) is 9.18 Å². The third-order valence-corrected chi connectivity index (χ3v) is 2.15. The summed E-state index contributed by atoms with van der Waals surface area (Å²) in [6.07, 6.45) is 3.23. The summed E-state index contributed by atoms with van der Waals surface area (Å²) >= 11 is 0. The topological polar surface area (TPSA) is 57.0 Å². The number of H-pyrrole nitrogens is 1. The molecule has 5 heteroatoms. The van der Waals surface area contributed by atoms with Crippen molar-refractivity contribution in [2.45, 2.75) is 6.54 Å². The molecule has 0 aliphatic carbocycles. The minimum absolute atomic E-state index is 0.0995. The van der Waals surface area contributed by atoms with Gasteiger partial charge in [0.1, 0.15) is 12.0 Å². The summed E-state index contributed by atoms with van der Waals surface area (Å²) in [5, 5.41) is 8.60. The average Bonchev–Trinajstić information content (AvgIpc) is 2.66. The Labute approximate surface area is 91.0 Å². The monoisotopic (exact) mass is 221 g/mol. The summed E-state index contributed by atoms with van der Waals surface area (Å²) in [5.41, 5.74) is 1.56. The lowest BCUT2D eigenvalue weighted by atomic mass is 10.2. The van der Waals surface area contributed by atoms with Gasteiger partial charge in [-0.15, -0.1) is 0 Å². The van der Waals surface area contributed by atoms with E-state index >= 15 is 0 Å². The molecule has 0 amide bonds. The quantitative estimate of drug-likeness (QED) is 0.765. The maximum Gasteiger partial charge on any atom is 0.346 e. The fourth-order valence-corrected chi connectivity index (χ4v) is 1.43. The zero-order valence-corrected chi connectivity index (χ0v) is 8.35. The predicted molar refractivity (Wildman–Crippen MR) is 54.0 cm³/mol. The largest absolute Gasteiger partial charge is 0.478 e. The molecule has 0 bridgehead atoms. The summed E-state index contributed by atoms with van der Waals surface area (Å²) < 4.78 is 14.2. The van der Waals surface area contributed by atoms with Gasteiger partial charge >= 0.3 is 5.97 Å². The molecule has 82 valence electrons. The lowest BCUT2D eigenvalue weighted by molar-refractivity contribution is -0.684. The number of nitrogens with one attached hydrogen (secondary N) is 1. The molecule has 0 aliphatic rings.